The number of hydrogen-bond acceptors (Lipinski definition) is 3. The van der Waals surface area contributed by atoms with Gasteiger partial charge in [0.05, 0.1) is 11.6 Å². The number of rotatable bonds is 0. The van der Waals surface area contributed by atoms with Crippen molar-refractivity contribution in [2.75, 3.05) is 0 Å². The molecule has 10 heavy (non-hydrogen) atoms. The molecule has 0 saturated heterocycles. The third-order valence-electron chi connectivity index (χ3n) is 1.15. The molecule has 0 saturated carbocycles. The molecule has 0 bridgehead atoms. The Morgan fingerprint density at radius 2 is 2.30 bits per heavy atom. The summed E-state index contributed by atoms with van der Waals surface area (Å²) in [5.41, 5.74) is 0.548. The Kier molecular flexibility index (Phi) is 1.72. The van der Waals surface area contributed by atoms with E-state index in [1.807, 2.05) is 12.1 Å². The van der Waals surface area contributed by atoms with Gasteiger partial charge in [-0.1, -0.05) is 0 Å². The second-order valence-electron chi connectivity index (χ2n) is 1.84. The van der Waals surface area contributed by atoms with Gasteiger partial charge in [0.2, 0.25) is 0 Å². The van der Waals surface area contributed by atoms with E-state index in [1.54, 1.807) is 12.2 Å². The Bertz CT molecular complexity index is 262. The van der Waals surface area contributed by atoms with Gasteiger partial charge in [0.25, 0.3) is 0 Å². The standard InChI is InChI=1S/C7H5N3/c8-3-6-1-2-7(4-9)10-5-6/h1-2,5,7,10H. The second-order valence-corrected chi connectivity index (χ2v) is 1.84. The van der Waals surface area contributed by atoms with Gasteiger partial charge >= 0.3 is 0 Å². The van der Waals surface area contributed by atoms with E-state index in [4.69, 9.17) is 10.5 Å². The summed E-state index contributed by atoms with van der Waals surface area (Å²) in [6, 6.07) is 3.67. The molecule has 0 aliphatic carbocycles. The lowest BCUT2D eigenvalue weighted by Gasteiger charge is -2.07. The van der Waals surface area contributed by atoms with Gasteiger partial charge in [-0.05, 0) is 12.2 Å². The highest BCUT2D eigenvalue weighted by atomic mass is 14.9. The molecule has 0 amide bonds. The molecule has 1 N–H and O–H groups in total. The van der Waals surface area contributed by atoms with Gasteiger partial charge in [-0.15, -0.1) is 0 Å². The molecule has 0 spiro atoms. The van der Waals surface area contributed by atoms with Crippen LogP contribution in [0.25, 0.3) is 0 Å². The van der Waals surface area contributed by atoms with Crippen molar-refractivity contribution < 1.29 is 0 Å². The van der Waals surface area contributed by atoms with Crippen molar-refractivity contribution in [3.63, 3.8) is 0 Å². The number of nitriles is 2. The van der Waals surface area contributed by atoms with Crippen molar-refractivity contribution in [1.82, 2.24) is 5.32 Å². The summed E-state index contributed by atoms with van der Waals surface area (Å²) >= 11 is 0. The fourth-order valence-electron chi connectivity index (χ4n) is 0.633. The van der Waals surface area contributed by atoms with Gasteiger partial charge < -0.3 is 5.32 Å². The van der Waals surface area contributed by atoms with Crippen LogP contribution in [0.4, 0.5) is 0 Å². The van der Waals surface area contributed by atoms with Gasteiger partial charge in [0.1, 0.15) is 12.1 Å². The van der Waals surface area contributed by atoms with Gasteiger partial charge in [-0.25, -0.2) is 0 Å². The predicted molar refractivity (Wildman–Crippen MR) is 35.4 cm³/mol. The Balaban J connectivity index is 2.68. The molecule has 1 rings (SSSR count). The van der Waals surface area contributed by atoms with Gasteiger partial charge in [-0.3, -0.25) is 0 Å². The summed E-state index contributed by atoms with van der Waals surface area (Å²) in [7, 11) is 0. The van der Waals surface area contributed by atoms with E-state index in [0.29, 0.717) is 5.57 Å². The number of nitrogens with zero attached hydrogens (tertiary/aromatic N) is 2. The number of nitrogens with one attached hydrogen (secondary N) is 1. The van der Waals surface area contributed by atoms with Crippen molar-refractivity contribution >= 4 is 0 Å². The van der Waals surface area contributed by atoms with Crippen molar-refractivity contribution in [3.8, 4) is 12.1 Å². The average Bonchev–Trinajstić information content (AvgIpc) is 2.05. The van der Waals surface area contributed by atoms with E-state index in [2.05, 4.69) is 5.32 Å². The van der Waals surface area contributed by atoms with E-state index in [-0.39, 0.29) is 6.04 Å². The van der Waals surface area contributed by atoms with Crippen molar-refractivity contribution in [3.05, 3.63) is 23.9 Å². The first-order valence-corrected chi connectivity index (χ1v) is 2.81. The van der Waals surface area contributed by atoms with Crippen molar-refractivity contribution in [2.45, 2.75) is 6.04 Å². The molecule has 48 valence electrons. The van der Waals surface area contributed by atoms with Crippen LogP contribution in [0.3, 0.4) is 0 Å². The summed E-state index contributed by atoms with van der Waals surface area (Å²) in [4.78, 5) is 0. The summed E-state index contributed by atoms with van der Waals surface area (Å²) in [5.74, 6) is 0. The zero-order valence-electron chi connectivity index (χ0n) is 5.20. The van der Waals surface area contributed by atoms with Crippen molar-refractivity contribution in [1.29, 1.82) is 10.5 Å². The largest absolute Gasteiger partial charge is 0.372 e. The molecule has 0 aromatic heterocycles. The number of allylic oxidation sites excluding steroid dienone is 2. The average molecular weight is 131 g/mol. The molecule has 1 aliphatic rings. The first-order chi connectivity index (χ1) is 4.86. The highest BCUT2D eigenvalue weighted by Gasteiger charge is 2.03. The van der Waals surface area contributed by atoms with Gasteiger partial charge in [-0.2, -0.15) is 10.5 Å². The molecule has 1 unspecified atom stereocenters. The van der Waals surface area contributed by atoms with Crippen LogP contribution in [0.1, 0.15) is 0 Å². The molecule has 1 aliphatic heterocycles. The van der Waals surface area contributed by atoms with E-state index >= 15 is 0 Å². The summed E-state index contributed by atoms with van der Waals surface area (Å²) < 4.78 is 0. The third-order valence-corrected chi connectivity index (χ3v) is 1.15. The highest BCUT2D eigenvalue weighted by Crippen LogP contribution is 2.00. The molecule has 0 aromatic rings. The number of hydrogen-bond donors (Lipinski definition) is 1. The smallest absolute Gasteiger partial charge is 0.133 e. The minimum atomic E-state index is -0.280. The molecular weight excluding hydrogens is 126 g/mol. The quantitative estimate of drug-likeness (QED) is 0.519. The van der Waals surface area contributed by atoms with Crippen LogP contribution in [0, 0.1) is 22.7 Å². The fourth-order valence-corrected chi connectivity index (χ4v) is 0.633. The van der Waals surface area contributed by atoms with Crippen LogP contribution >= 0.6 is 0 Å². The Labute approximate surface area is 58.9 Å². The van der Waals surface area contributed by atoms with Crippen LogP contribution in [-0.4, -0.2) is 6.04 Å². The second kappa shape index (κ2) is 2.70. The summed E-state index contributed by atoms with van der Waals surface area (Å²) in [6.07, 6.45) is 4.82. The van der Waals surface area contributed by atoms with Gasteiger partial charge in [0, 0.05) is 6.20 Å². The molecule has 3 nitrogen and oxygen atoms in total. The SMILES string of the molecule is N#CC1=CNC(C#N)C=C1. The van der Waals surface area contributed by atoms with Crippen LogP contribution in [-0.2, 0) is 0 Å². The number of dihydropyridines is 1. The normalized spacial score (nSPS) is 21.8. The minimum absolute atomic E-state index is 0.280. The highest BCUT2D eigenvalue weighted by molar-refractivity contribution is 5.37. The monoisotopic (exact) mass is 131 g/mol. The van der Waals surface area contributed by atoms with Crippen LogP contribution < -0.4 is 5.32 Å². The van der Waals surface area contributed by atoms with E-state index < -0.39 is 0 Å². The molecule has 0 aromatic carbocycles. The molecule has 0 fully saturated rings. The van der Waals surface area contributed by atoms with E-state index in [9.17, 15) is 0 Å². The first kappa shape index (κ1) is 6.38. The van der Waals surface area contributed by atoms with Gasteiger partial charge in [0.15, 0.2) is 0 Å². The summed E-state index contributed by atoms with van der Waals surface area (Å²) in [5, 5.41) is 19.5. The molecule has 0 radical (unpaired) electrons. The van der Waals surface area contributed by atoms with Crippen LogP contribution in [0.15, 0.2) is 23.9 Å². The molecular formula is C7H5N3. The Hall–Kier alpha value is -1.74. The maximum atomic E-state index is 8.37. The first-order valence-electron chi connectivity index (χ1n) is 2.81. The van der Waals surface area contributed by atoms with Crippen LogP contribution in [0.2, 0.25) is 0 Å². The van der Waals surface area contributed by atoms with E-state index in [0.717, 1.165) is 0 Å². The summed E-state index contributed by atoms with van der Waals surface area (Å²) in [6.45, 7) is 0. The van der Waals surface area contributed by atoms with E-state index in [1.165, 1.54) is 6.20 Å². The molecule has 1 atom stereocenters. The zero-order chi connectivity index (χ0) is 7.40. The topological polar surface area (TPSA) is 59.6 Å². The zero-order valence-corrected chi connectivity index (χ0v) is 5.20. The Morgan fingerprint density at radius 1 is 1.50 bits per heavy atom. The lowest BCUT2D eigenvalue weighted by molar-refractivity contribution is 0.835. The minimum Gasteiger partial charge on any atom is -0.372 e. The lowest BCUT2D eigenvalue weighted by atomic mass is 10.2. The fraction of sp³-hybridized carbons (Fsp3) is 0.143. The maximum Gasteiger partial charge on any atom is 0.133 e. The predicted octanol–water partition coefficient (Wildman–Crippen LogP) is 0.445. The van der Waals surface area contributed by atoms with Crippen LogP contribution in [0.5, 0.6) is 0 Å². The Morgan fingerprint density at radius 3 is 2.70 bits per heavy atom. The molecule has 1 heterocycles. The molecule has 3 heteroatoms. The third kappa shape index (κ3) is 1.15. The maximum absolute atomic E-state index is 8.37. The lowest BCUT2D eigenvalue weighted by Crippen LogP contribution is -2.22. The van der Waals surface area contributed by atoms with Crippen molar-refractivity contribution in [2.24, 2.45) is 0 Å².